The van der Waals surface area contributed by atoms with Crippen molar-refractivity contribution >= 4 is 5.84 Å². The monoisotopic (exact) mass is 98.0 g/mol. The van der Waals surface area contributed by atoms with Crippen molar-refractivity contribution in [3.63, 3.8) is 0 Å². The average molecular weight is 98.1 g/mol. The molecule has 0 radical (unpaired) electrons. The largest absolute Gasteiger partial charge is 0.371 e. The molecule has 2 aliphatic heterocycles. The Hall–Kier alpha value is -0.570. The van der Waals surface area contributed by atoms with Gasteiger partial charge in [0.05, 0.1) is 13.2 Å². The summed E-state index contributed by atoms with van der Waals surface area (Å²) in [6.07, 6.45) is 0. The van der Waals surface area contributed by atoms with Crippen LogP contribution in [0.25, 0.3) is 0 Å². The second-order valence-electron chi connectivity index (χ2n) is 1.69. The van der Waals surface area contributed by atoms with Crippen LogP contribution in [0.2, 0.25) is 0 Å². The first-order chi connectivity index (χ1) is 3.47. The second kappa shape index (κ2) is 0.980. The zero-order valence-corrected chi connectivity index (χ0v) is 3.92. The highest BCUT2D eigenvalue weighted by Crippen LogP contribution is 2.12. The maximum Gasteiger partial charge on any atom is 0.171 e. The van der Waals surface area contributed by atoms with Crippen LogP contribution in [-0.2, 0) is 4.74 Å². The number of ether oxygens (including phenoxy) is 1. The highest BCUT2D eigenvalue weighted by molar-refractivity contribution is 5.92. The molecule has 0 aromatic carbocycles. The van der Waals surface area contributed by atoms with E-state index in [2.05, 4.69) is 5.10 Å². The molecule has 2 rings (SSSR count). The minimum atomic E-state index is 0.736. The van der Waals surface area contributed by atoms with E-state index in [4.69, 9.17) is 4.74 Å². The average Bonchev–Trinajstić information content (AvgIpc) is 2.41. The van der Waals surface area contributed by atoms with Gasteiger partial charge in [-0.2, -0.15) is 5.10 Å². The molecule has 7 heavy (non-hydrogen) atoms. The van der Waals surface area contributed by atoms with Crippen molar-refractivity contribution in [1.82, 2.24) is 5.01 Å². The molecule has 0 unspecified atom stereocenters. The summed E-state index contributed by atoms with van der Waals surface area (Å²) < 4.78 is 5.05. The van der Waals surface area contributed by atoms with Crippen molar-refractivity contribution in [2.24, 2.45) is 5.10 Å². The van der Waals surface area contributed by atoms with Gasteiger partial charge in [-0.05, 0) is 0 Å². The number of amidine groups is 1. The molecule has 0 atom stereocenters. The van der Waals surface area contributed by atoms with Gasteiger partial charge in [-0.1, -0.05) is 0 Å². The van der Waals surface area contributed by atoms with Crippen LogP contribution in [0.5, 0.6) is 0 Å². The molecule has 0 amide bonds. The van der Waals surface area contributed by atoms with Crippen molar-refractivity contribution < 1.29 is 4.74 Å². The Morgan fingerprint density at radius 3 is 3.29 bits per heavy atom. The Kier molecular flexibility index (Phi) is 0.481. The molecular formula is C4H6N2O. The molecule has 3 nitrogen and oxygen atoms in total. The van der Waals surface area contributed by atoms with Crippen LogP contribution in [0, 0.1) is 0 Å². The van der Waals surface area contributed by atoms with Crippen molar-refractivity contribution in [1.29, 1.82) is 0 Å². The predicted octanol–water partition coefficient (Wildman–Crippen LogP) is -0.354. The highest BCUT2D eigenvalue weighted by Gasteiger charge is 2.26. The Morgan fingerprint density at radius 1 is 1.71 bits per heavy atom. The number of fused-ring (bicyclic) bond motifs is 1. The van der Waals surface area contributed by atoms with Gasteiger partial charge in [0.1, 0.15) is 6.61 Å². The summed E-state index contributed by atoms with van der Waals surface area (Å²) in [7, 11) is 0. The van der Waals surface area contributed by atoms with E-state index in [9.17, 15) is 0 Å². The maximum absolute atomic E-state index is 5.05. The molecule has 1 saturated heterocycles. The van der Waals surface area contributed by atoms with Crippen molar-refractivity contribution in [3.8, 4) is 0 Å². The number of nitrogens with zero attached hydrogens (tertiary/aromatic N) is 2. The quantitative estimate of drug-likeness (QED) is 0.413. The molecule has 0 aromatic heterocycles. The van der Waals surface area contributed by atoms with Gasteiger partial charge >= 0.3 is 0 Å². The zero-order chi connectivity index (χ0) is 4.69. The molecule has 2 aliphatic rings. The van der Waals surface area contributed by atoms with Crippen LogP contribution in [-0.4, -0.2) is 30.6 Å². The van der Waals surface area contributed by atoms with E-state index in [1.165, 1.54) is 0 Å². The summed E-state index contributed by atoms with van der Waals surface area (Å²) in [4.78, 5) is 0. The maximum atomic E-state index is 5.05. The van der Waals surface area contributed by atoms with Gasteiger partial charge < -0.3 is 4.74 Å². The Morgan fingerprint density at radius 2 is 2.71 bits per heavy atom. The Bertz CT molecular complexity index is 121. The van der Waals surface area contributed by atoms with Gasteiger partial charge in [0.15, 0.2) is 5.84 Å². The molecule has 0 aromatic rings. The lowest BCUT2D eigenvalue weighted by atomic mass is 10.5. The summed E-state index contributed by atoms with van der Waals surface area (Å²) in [5.74, 6) is 1.12. The molecule has 0 spiro atoms. The lowest BCUT2D eigenvalue weighted by molar-refractivity contribution is 0.142. The third-order valence-corrected chi connectivity index (χ3v) is 1.17. The molecule has 0 saturated carbocycles. The number of rotatable bonds is 0. The van der Waals surface area contributed by atoms with Crippen LogP contribution >= 0.6 is 0 Å². The predicted molar refractivity (Wildman–Crippen MR) is 25.0 cm³/mol. The van der Waals surface area contributed by atoms with Crippen molar-refractivity contribution in [2.45, 2.75) is 0 Å². The summed E-state index contributed by atoms with van der Waals surface area (Å²) >= 11 is 0. The van der Waals surface area contributed by atoms with E-state index < -0.39 is 0 Å². The van der Waals surface area contributed by atoms with Gasteiger partial charge in [0, 0.05) is 0 Å². The minimum Gasteiger partial charge on any atom is -0.371 e. The topological polar surface area (TPSA) is 24.6 Å². The SMILES string of the molecule is C1CN2N=C2CO1. The Balaban J connectivity index is 2.02. The molecule has 3 heteroatoms. The van der Waals surface area contributed by atoms with Crippen LogP contribution in [0.3, 0.4) is 0 Å². The number of hydrazone groups is 1. The zero-order valence-electron chi connectivity index (χ0n) is 3.92. The molecule has 0 N–H and O–H groups in total. The molecule has 38 valence electrons. The van der Waals surface area contributed by atoms with Gasteiger partial charge in [0.2, 0.25) is 0 Å². The molecule has 0 aliphatic carbocycles. The van der Waals surface area contributed by atoms with Gasteiger partial charge in [-0.25, -0.2) is 5.01 Å². The first kappa shape index (κ1) is 3.43. The van der Waals surface area contributed by atoms with Gasteiger partial charge in [-0.3, -0.25) is 0 Å². The fourth-order valence-corrected chi connectivity index (χ4v) is 0.714. The minimum absolute atomic E-state index is 0.736. The normalized spacial score (nSPS) is 26.3. The first-order valence-electron chi connectivity index (χ1n) is 2.39. The van der Waals surface area contributed by atoms with E-state index in [-0.39, 0.29) is 0 Å². The standard InChI is InChI=1S/C4H6N2O/c1-2-7-3-4-5-6(1)4/h1-3H2. The molecular weight excluding hydrogens is 92.1 g/mol. The summed E-state index contributed by atoms with van der Waals surface area (Å²) in [5, 5.41) is 5.95. The van der Waals surface area contributed by atoms with E-state index in [1.807, 2.05) is 5.01 Å². The number of morpholine rings is 1. The lowest BCUT2D eigenvalue weighted by Crippen LogP contribution is -2.23. The highest BCUT2D eigenvalue weighted by atomic mass is 16.5. The third kappa shape index (κ3) is 0.413. The summed E-state index contributed by atoms with van der Waals surface area (Å²) in [6, 6.07) is 0. The van der Waals surface area contributed by atoms with Gasteiger partial charge in [0.25, 0.3) is 0 Å². The lowest BCUT2D eigenvalue weighted by Gasteiger charge is -2.07. The smallest absolute Gasteiger partial charge is 0.171 e. The van der Waals surface area contributed by atoms with Crippen molar-refractivity contribution in [2.75, 3.05) is 19.8 Å². The fraction of sp³-hybridized carbons (Fsp3) is 0.750. The van der Waals surface area contributed by atoms with Crippen LogP contribution in [0.1, 0.15) is 0 Å². The van der Waals surface area contributed by atoms with E-state index in [0.29, 0.717) is 0 Å². The number of hydrogen-bond acceptors (Lipinski definition) is 3. The molecule has 1 fully saturated rings. The third-order valence-electron chi connectivity index (χ3n) is 1.17. The van der Waals surface area contributed by atoms with E-state index in [0.717, 1.165) is 25.6 Å². The van der Waals surface area contributed by atoms with Crippen LogP contribution in [0.15, 0.2) is 5.10 Å². The van der Waals surface area contributed by atoms with Crippen LogP contribution < -0.4 is 0 Å². The first-order valence-corrected chi connectivity index (χ1v) is 2.39. The van der Waals surface area contributed by atoms with Crippen LogP contribution in [0.4, 0.5) is 0 Å². The van der Waals surface area contributed by atoms with E-state index >= 15 is 0 Å². The fourth-order valence-electron chi connectivity index (χ4n) is 0.714. The second-order valence-corrected chi connectivity index (χ2v) is 1.69. The molecule has 2 heterocycles. The summed E-state index contributed by atoms with van der Waals surface area (Å²) in [6.45, 7) is 2.54. The molecule has 0 bridgehead atoms. The van der Waals surface area contributed by atoms with Crippen molar-refractivity contribution in [3.05, 3.63) is 0 Å². The number of hydrogen-bond donors (Lipinski definition) is 0. The van der Waals surface area contributed by atoms with E-state index in [1.54, 1.807) is 0 Å². The Labute approximate surface area is 41.6 Å². The van der Waals surface area contributed by atoms with Gasteiger partial charge in [-0.15, -0.1) is 0 Å². The summed E-state index contributed by atoms with van der Waals surface area (Å²) in [5.41, 5.74) is 0.